The minimum atomic E-state index is -0.424. The Morgan fingerprint density at radius 1 is 1.09 bits per heavy atom. The van der Waals surface area contributed by atoms with Gasteiger partial charge in [0, 0.05) is 68.7 Å². The number of aliphatic hydroxyl groups is 1. The Hall–Kier alpha value is -2.92. The molecule has 1 aromatic carbocycles. The van der Waals surface area contributed by atoms with Crippen LogP contribution in [0.4, 0.5) is 5.95 Å². The molecule has 3 aliphatic heterocycles. The van der Waals surface area contributed by atoms with E-state index in [0.717, 1.165) is 65.7 Å². The van der Waals surface area contributed by atoms with Crippen molar-refractivity contribution >= 4 is 39.6 Å². The number of aliphatic hydroxyl groups excluding tert-OH is 1. The van der Waals surface area contributed by atoms with Crippen molar-refractivity contribution in [2.24, 2.45) is 4.99 Å². The van der Waals surface area contributed by atoms with Gasteiger partial charge in [-0.1, -0.05) is 18.2 Å². The molecule has 0 spiro atoms. The van der Waals surface area contributed by atoms with Crippen LogP contribution in [0, 0.1) is 0 Å². The third-order valence-electron chi connectivity index (χ3n) is 6.96. The second-order valence-electron chi connectivity index (χ2n) is 9.07. The summed E-state index contributed by atoms with van der Waals surface area (Å²) in [5, 5.41) is 11.4. The third-order valence-corrected chi connectivity index (χ3v) is 7.98. The van der Waals surface area contributed by atoms with Gasteiger partial charge in [0.15, 0.2) is 0 Å². The predicted molar refractivity (Wildman–Crippen MR) is 136 cm³/mol. The van der Waals surface area contributed by atoms with E-state index in [1.807, 2.05) is 6.21 Å². The van der Waals surface area contributed by atoms with E-state index in [9.17, 15) is 4.79 Å². The van der Waals surface area contributed by atoms with E-state index in [0.29, 0.717) is 32.8 Å². The van der Waals surface area contributed by atoms with Gasteiger partial charge < -0.3 is 19.6 Å². The largest absolute Gasteiger partial charge is 0.387 e. The van der Waals surface area contributed by atoms with Crippen molar-refractivity contribution < 1.29 is 14.6 Å². The van der Waals surface area contributed by atoms with Crippen LogP contribution >= 0.6 is 11.3 Å². The molecule has 0 radical (unpaired) electrons. The van der Waals surface area contributed by atoms with E-state index in [2.05, 4.69) is 38.4 Å². The highest BCUT2D eigenvalue weighted by molar-refractivity contribution is 7.17. The third kappa shape index (κ3) is 4.31. The molecular weight excluding hydrogens is 464 g/mol. The fourth-order valence-electron chi connectivity index (χ4n) is 4.99. The highest BCUT2D eigenvalue weighted by Crippen LogP contribution is 2.38. The van der Waals surface area contributed by atoms with Crippen LogP contribution in [0.2, 0.25) is 0 Å². The lowest BCUT2D eigenvalue weighted by molar-refractivity contribution is -0.135. The summed E-state index contributed by atoms with van der Waals surface area (Å²) in [6.07, 6.45) is 1.97. The molecule has 0 bridgehead atoms. The number of carbonyl (C=O) groups is 1. The molecule has 182 valence electrons. The van der Waals surface area contributed by atoms with Crippen molar-refractivity contribution in [2.75, 3.05) is 64.0 Å². The Kier molecular flexibility index (Phi) is 6.19. The number of ether oxygens (including phenoxy) is 1. The highest BCUT2D eigenvalue weighted by Gasteiger charge is 2.25. The van der Waals surface area contributed by atoms with E-state index in [-0.39, 0.29) is 5.91 Å². The molecule has 1 N–H and O–H groups in total. The number of fused-ring (bicyclic) bond motifs is 2. The van der Waals surface area contributed by atoms with E-state index >= 15 is 0 Å². The summed E-state index contributed by atoms with van der Waals surface area (Å²) in [4.78, 5) is 32.8. The summed E-state index contributed by atoms with van der Waals surface area (Å²) in [6.45, 7) is 6.80. The predicted octanol–water partition coefficient (Wildman–Crippen LogP) is 1.76. The second kappa shape index (κ2) is 9.62. The number of hydrogen-bond acceptors (Lipinski definition) is 9. The number of amides is 1. The fourth-order valence-corrected chi connectivity index (χ4v) is 6.00. The van der Waals surface area contributed by atoms with Crippen LogP contribution in [0.25, 0.3) is 21.5 Å². The number of carbonyl (C=O) groups excluding carboxylic acids is 1. The Balaban J connectivity index is 1.37. The summed E-state index contributed by atoms with van der Waals surface area (Å²) in [7, 11) is 0. The molecule has 2 aromatic heterocycles. The fraction of sp³-hybridized carbons (Fsp3) is 0.440. The van der Waals surface area contributed by atoms with Gasteiger partial charge in [0.1, 0.15) is 6.61 Å². The molecule has 35 heavy (non-hydrogen) atoms. The maximum atomic E-state index is 11.8. The van der Waals surface area contributed by atoms with E-state index in [1.165, 1.54) is 11.1 Å². The van der Waals surface area contributed by atoms with Gasteiger partial charge in [0.25, 0.3) is 0 Å². The molecule has 2 saturated heterocycles. The molecule has 0 atom stereocenters. The second-order valence-corrected chi connectivity index (χ2v) is 9.95. The molecule has 1 amide bonds. The summed E-state index contributed by atoms with van der Waals surface area (Å²) < 4.78 is 6.66. The average Bonchev–Trinajstić information content (AvgIpc) is 3.56. The van der Waals surface area contributed by atoms with Gasteiger partial charge in [-0.05, 0) is 10.9 Å². The Bertz CT molecular complexity index is 1280. The van der Waals surface area contributed by atoms with E-state index < -0.39 is 6.61 Å². The van der Waals surface area contributed by atoms with Crippen LogP contribution in [0.3, 0.4) is 0 Å². The first-order chi connectivity index (χ1) is 17.2. The smallest absolute Gasteiger partial charge is 0.248 e. The molecule has 9 nitrogen and oxygen atoms in total. The number of morpholine rings is 1. The molecule has 0 aliphatic carbocycles. The first kappa shape index (κ1) is 22.5. The standard InChI is InChI=1S/C25H28N6O3S/c32-15-21(33)30-6-4-29(5-7-30)14-18-16-35-24-22(18)27-25(31-8-10-34-11-9-31)28-23(24)19-3-1-2-17-12-26-13-20(17)19/h1-3,13,16,32H,4-12,14-15H2. The van der Waals surface area contributed by atoms with Crippen molar-refractivity contribution in [3.63, 3.8) is 0 Å². The van der Waals surface area contributed by atoms with Crippen molar-refractivity contribution in [2.45, 2.75) is 13.1 Å². The molecule has 0 saturated carbocycles. The zero-order valence-electron chi connectivity index (χ0n) is 19.5. The lowest BCUT2D eigenvalue weighted by Gasteiger charge is -2.34. The van der Waals surface area contributed by atoms with Gasteiger partial charge in [-0.15, -0.1) is 11.3 Å². The minimum Gasteiger partial charge on any atom is -0.387 e. The van der Waals surface area contributed by atoms with Crippen molar-refractivity contribution in [1.29, 1.82) is 0 Å². The zero-order valence-corrected chi connectivity index (χ0v) is 20.3. The van der Waals surface area contributed by atoms with E-state index in [1.54, 1.807) is 16.2 Å². The summed E-state index contributed by atoms with van der Waals surface area (Å²) in [6, 6.07) is 6.36. The lowest BCUT2D eigenvalue weighted by atomic mass is 10.0. The molecule has 3 aromatic rings. The number of hydrogen-bond donors (Lipinski definition) is 1. The monoisotopic (exact) mass is 492 g/mol. The van der Waals surface area contributed by atoms with Crippen molar-refractivity contribution in [1.82, 2.24) is 19.8 Å². The number of rotatable bonds is 5. The van der Waals surface area contributed by atoms with Crippen LogP contribution in [0.1, 0.15) is 16.7 Å². The Morgan fingerprint density at radius 2 is 1.91 bits per heavy atom. The van der Waals surface area contributed by atoms with Gasteiger partial charge in [0.05, 0.1) is 35.7 Å². The van der Waals surface area contributed by atoms with Crippen LogP contribution in [0.15, 0.2) is 28.6 Å². The summed E-state index contributed by atoms with van der Waals surface area (Å²) in [5.41, 5.74) is 6.65. The molecular formula is C25H28N6O3S. The van der Waals surface area contributed by atoms with Gasteiger partial charge in [0.2, 0.25) is 11.9 Å². The molecule has 3 aliphatic rings. The van der Waals surface area contributed by atoms with Gasteiger partial charge in [-0.2, -0.15) is 0 Å². The lowest BCUT2D eigenvalue weighted by Crippen LogP contribution is -2.49. The quantitative estimate of drug-likeness (QED) is 0.580. The SMILES string of the molecule is O=C(CO)N1CCN(Cc2csc3c(-c4cccc5c4C=NC5)nc(N4CCOCC4)nc23)CC1. The number of piperazine rings is 1. The van der Waals surface area contributed by atoms with E-state index in [4.69, 9.17) is 19.8 Å². The number of aromatic nitrogens is 2. The number of anilines is 1. The molecule has 6 rings (SSSR count). The number of thiophene rings is 1. The topological polar surface area (TPSA) is 94.4 Å². The first-order valence-electron chi connectivity index (χ1n) is 12.0. The van der Waals surface area contributed by atoms with Crippen LogP contribution in [-0.2, 0) is 22.6 Å². The highest BCUT2D eigenvalue weighted by atomic mass is 32.1. The average molecular weight is 493 g/mol. The van der Waals surface area contributed by atoms with Gasteiger partial charge in [-0.25, -0.2) is 9.97 Å². The maximum absolute atomic E-state index is 11.8. The molecule has 10 heteroatoms. The van der Waals surface area contributed by atoms with Crippen molar-refractivity contribution in [3.05, 3.63) is 40.3 Å². The van der Waals surface area contributed by atoms with Crippen LogP contribution < -0.4 is 4.90 Å². The normalized spacial score (nSPS) is 18.4. The molecule has 5 heterocycles. The first-order valence-corrected chi connectivity index (χ1v) is 12.9. The van der Waals surface area contributed by atoms with Crippen LogP contribution in [-0.4, -0.2) is 96.1 Å². The Morgan fingerprint density at radius 3 is 2.71 bits per heavy atom. The maximum Gasteiger partial charge on any atom is 0.248 e. The van der Waals surface area contributed by atoms with Crippen LogP contribution in [0.5, 0.6) is 0 Å². The van der Waals surface area contributed by atoms with Gasteiger partial charge >= 0.3 is 0 Å². The molecule has 0 unspecified atom stereocenters. The summed E-state index contributed by atoms with van der Waals surface area (Å²) >= 11 is 1.70. The molecule has 2 fully saturated rings. The minimum absolute atomic E-state index is 0.197. The number of benzene rings is 1. The summed E-state index contributed by atoms with van der Waals surface area (Å²) in [5.74, 6) is 0.554. The van der Waals surface area contributed by atoms with Gasteiger partial charge in [-0.3, -0.25) is 14.7 Å². The zero-order chi connectivity index (χ0) is 23.8. The Labute approximate surface area is 207 Å². The number of aliphatic imine (C=N–C) groups is 1. The number of nitrogens with zero attached hydrogens (tertiary/aromatic N) is 6. The van der Waals surface area contributed by atoms with Crippen molar-refractivity contribution in [3.8, 4) is 11.3 Å².